The molecule has 0 amide bonds. The number of hydrogen-bond acceptors (Lipinski definition) is 2. The lowest BCUT2D eigenvalue weighted by molar-refractivity contribution is 0.478. The monoisotopic (exact) mass is 100 g/mol. The van der Waals surface area contributed by atoms with Gasteiger partial charge in [-0.25, -0.2) is 0 Å². The van der Waals surface area contributed by atoms with Crippen LogP contribution in [0.4, 0.5) is 0 Å². The van der Waals surface area contributed by atoms with Crippen LogP contribution in [0.25, 0.3) is 0 Å². The fraction of sp³-hybridized carbons (Fsp3) is 0.600. The van der Waals surface area contributed by atoms with Crippen LogP contribution in [0, 0.1) is 18.5 Å². The lowest BCUT2D eigenvalue weighted by Crippen LogP contribution is -2.33. The Labute approximate surface area is 44.9 Å². The van der Waals surface area contributed by atoms with Gasteiger partial charge >= 0.3 is 0 Å². The highest BCUT2D eigenvalue weighted by molar-refractivity contribution is 4.93. The molecule has 0 unspecified atom stereocenters. The van der Waals surface area contributed by atoms with Gasteiger partial charge in [-0.2, -0.15) is 0 Å². The highest BCUT2D eigenvalue weighted by Gasteiger charge is 2.16. The summed E-state index contributed by atoms with van der Waals surface area (Å²) in [7, 11) is 0. The lowest BCUT2D eigenvalue weighted by atomic mass is 9.94. The Bertz CT molecular complexity index is 51.6. The standard InChI is InChI=1S/C5H12N2/c1-5(2,3)4(6)7/h1,6-7H2,2-3H3. The molecule has 0 aromatic carbocycles. The highest BCUT2D eigenvalue weighted by Crippen LogP contribution is 2.16. The average molecular weight is 100 g/mol. The molecule has 0 saturated heterocycles. The summed E-state index contributed by atoms with van der Waals surface area (Å²) in [5, 5.41) is 0. The van der Waals surface area contributed by atoms with Gasteiger partial charge < -0.3 is 11.5 Å². The van der Waals surface area contributed by atoms with E-state index < -0.39 is 0 Å². The predicted octanol–water partition coefficient (Wildman–Crippen LogP) is 0.254. The maximum absolute atomic E-state index is 5.20. The van der Waals surface area contributed by atoms with Gasteiger partial charge in [-0.3, -0.25) is 0 Å². The summed E-state index contributed by atoms with van der Waals surface area (Å²) in [6.45, 7) is 7.41. The fourth-order valence-electron chi connectivity index (χ4n) is 0. The van der Waals surface area contributed by atoms with E-state index in [2.05, 4.69) is 6.92 Å². The molecule has 0 aliphatic carbocycles. The van der Waals surface area contributed by atoms with Gasteiger partial charge in [0.15, 0.2) is 0 Å². The van der Waals surface area contributed by atoms with Gasteiger partial charge in [0.2, 0.25) is 0 Å². The van der Waals surface area contributed by atoms with Crippen molar-refractivity contribution in [3.63, 3.8) is 0 Å². The third-order valence-corrected chi connectivity index (χ3v) is 0.781. The molecule has 0 heterocycles. The summed E-state index contributed by atoms with van der Waals surface area (Å²) < 4.78 is 0. The SMILES string of the molecule is [CH2]C(C)(C)[C](N)N. The molecule has 0 saturated carbocycles. The maximum atomic E-state index is 5.20. The van der Waals surface area contributed by atoms with Crippen molar-refractivity contribution >= 4 is 0 Å². The zero-order valence-corrected chi connectivity index (χ0v) is 4.86. The summed E-state index contributed by atoms with van der Waals surface area (Å²) in [5.74, 6) is 0. The van der Waals surface area contributed by atoms with E-state index in [4.69, 9.17) is 11.5 Å². The van der Waals surface area contributed by atoms with Crippen molar-refractivity contribution in [3.05, 3.63) is 13.1 Å². The van der Waals surface area contributed by atoms with E-state index in [0.717, 1.165) is 0 Å². The molecule has 7 heavy (non-hydrogen) atoms. The first kappa shape index (κ1) is 6.92. The van der Waals surface area contributed by atoms with Gasteiger partial charge in [0.1, 0.15) is 6.17 Å². The van der Waals surface area contributed by atoms with E-state index in [9.17, 15) is 0 Å². The minimum Gasteiger partial charge on any atom is -0.310 e. The normalized spacial score (nSPS) is 12.9. The largest absolute Gasteiger partial charge is 0.310 e. The Hall–Kier alpha value is -0.0800. The van der Waals surface area contributed by atoms with E-state index in [0.29, 0.717) is 6.17 Å². The third kappa shape index (κ3) is 2.60. The minimum atomic E-state index is -0.278. The van der Waals surface area contributed by atoms with Crippen molar-refractivity contribution < 1.29 is 0 Å². The summed E-state index contributed by atoms with van der Waals surface area (Å²) in [4.78, 5) is 0. The molecule has 0 aliphatic heterocycles. The molecule has 0 bridgehead atoms. The molecular formula is C5H12N2. The van der Waals surface area contributed by atoms with Crippen LogP contribution in [0.3, 0.4) is 0 Å². The van der Waals surface area contributed by atoms with Crippen molar-refractivity contribution in [3.8, 4) is 0 Å². The molecular weight excluding hydrogens is 88.1 g/mol. The molecule has 0 fully saturated rings. The number of nitrogens with two attached hydrogens (primary N) is 2. The molecule has 0 aliphatic rings. The maximum Gasteiger partial charge on any atom is 0.101 e. The first-order valence-electron chi connectivity index (χ1n) is 2.18. The molecule has 0 aromatic rings. The van der Waals surface area contributed by atoms with Crippen molar-refractivity contribution in [2.24, 2.45) is 16.9 Å². The molecule has 0 rings (SSSR count). The summed E-state index contributed by atoms with van der Waals surface area (Å²) in [5.41, 5.74) is 10.1. The zero-order valence-electron chi connectivity index (χ0n) is 4.86. The first-order chi connectivity index (χ1) is 2.94. The van der Waals surface area contributed by atoms with Crippen LogP contribution >= 0.6 is 0 Å². The third-order valence-electron chi connectivity index (χ3n) is 0.781. The molecule has 4 N–H and O–H groups in total. The molecule has 42 valence electrons. The van der Waals surface area contributed by atoms with Crippen molar-refractivity contribution in [1.82, 2.24) is 0 Å². The molecule has 0 spiro atoms. The topological polar surface area (TPSA) is 52.0 Å². The van der Waals surface area contributed by atoms with E-state index in [1.165, 1.54) is 0 Å². The quantitative estimate of drug-likeness (QED) is 0.496. The Morgan fingerprint density at radius 1 is 1.43 bits per heavy atom. The first-order valence-corrected chi connectivity index (χ1v) is 2.18. The van der Waals surface area contributed by atoms with E-state index in [1.54, 1.807) is 0 Å². The predicted molar refractivity (Wildman–Crippen MR) is 30.8 cm³/mol. The second-order valence-electron chi connectivity index (χ2n) is 2.34. The Morgan fingerprint density at radius 2 is 1.57 bits per heavy atom. The van der Waals surface area contributed by atoms with Gasteiger partial charge in [-0.1, -0.05) is 13.8 Å². The number of rotatable bonds is 1. The van der Waals surface area contributed by atoms with Crippen LogP contribution in [0.5, 0.6) is 0 Å². The van der Waals surface area contributed by atoms with Crippen molar-refractivity contribution in [2.45, 2.75) is 13.8 Å². The van der Waals surface area contributed by atoms with Crippen LogP contribution in [0.15, 0.2) is 0 Å². The molecule has 2 radical (unpaired) electrons. The lowest BCUT2D eigenvalue weighted by Gasteiger charge is -2.20. The summed E-state index contributed by atoms with van der Waals surface area (Å²) in [6, 6.07) is 0. The Balaban J connectivity index is 3.54. The minimum absolute atomic E-state index is 0.278. The van der Waals surface area contributed by atoms with Gasteiger partial charge in [-0.05, 0) is 12.3 Å². The van der Waals surface area contributed by atoms with Crippen LogP contribution in [0.1, 0.15) is 13.8 Å². The van der Waals surface area contributed by atoms with Crippen LogP contribution < -0.4 is 11.5 Å². The molecule has 2 heteroatoms. The van der Waals surface area contributed by atoms with Gasteiger partial charge in [0.05, 0.1) is 0 Å². The van der Waals surface area contributed by atoms with Crippen molar-refractivity contribution in [2.75, 3.05) is 0 Å². The van der Waals surface area contributed by atoms with Gasteiger partial charge in [0, 0.05) is 0 Å². The second-order valence-corrected chi connectivity index (χ2v) is 2.34. The van der Waals surface area contributed by atoms with Crippen LogP contribution in [-0.4, -0.2) is 0 Å². The molecule has 0 atom stereocenters. The van der Waals surface area contributed by atoms with E-state index in [1.807, 2.05) is 13.8 Å². The Kier molecular flexibility index (Phi) is 1.78. The zero-order chi connectivity index (χ0) is 6.08. The van der Waals surface area contributed by atoms with E-state index >= 15 is 0 Å². The smallest absolute Gasteiger partial charge is 0.101 e. The van der Waals surface area contributed by atoms with E-state index in [-0.39, 0.29) is 5.41 Å². The van der Waals surface area contributed by atoms with Crippen molar-refractivity contribution in [1.29, 1.82) is 0 Å². The van der Waals surface area contributed by atoms with Crippen LogP contribution in [0.2, 0.25) is 0 Å². The summed E-state index contributed by atoms with van der Waals surface area (Å²) >= 11 is 0. The summed E-state index contributed by atoms with van der Waals surface area (Å²) in [6.07, 6.45) is 0.382. The Morgan fingerprint density at radius 3 is 1.57 bits per heavy atom. The number of hydrogen-bond donors (Lipinski definition) is 2. The fourth-order valence-corrected chi connectivity index (χ4v) is 0. The van der Waals surface area contributed by atoms with Gasteiger partial charge in [0.25, 0.3) is 0 Å². The average Bonchev–Trinajstić information content (AvgIpc) is 1.31. The van der Waals surface area contributed by atoms with Gasteiger partial charge in [-0.15, -0.1) is 0 Å². The molecule has 2 nitrogen and oxygen atoms in total. The molecule has 0 aromatic heterocycles. The van der Waals surface area contributed by atoms with Crippen LogP contribution in [-0.2, 0) is 0 Å². The second kappa shape index (κ2) is 1.80. The highest BCUT2D eigenvalue weighted by atomic mass is 14.9.